The molecule has 1 N–H and O–H groups in total. The summed E-state index contributed by atoms with van der Waals surface area (Å²) in [4.78, 5) is 23.5. The number of carbonyl (C=O) groups is 2. The van der Waals surface area contributed by atoms with E-state index in [1.807, 2.05) is 0 Å². The molecule has 0 saturated carbocycles. The van der Waals surface area contributed by atoms with Crippen LogP contribution in [0.5, 0.6) is 0 Å². The van der Waals surface area contributed by atoms with Crippen LogP contribution in [0.1, 0.15) is 20.7 Å². The fraction of sp³-hybridized carbons (Fsp3) is 0.0667. The fourth-order valence-electron chi connectivity index (χ4n) is 1.75. The SMILES string of the molecule is COC(=O)c1ccc(F)c(NC(=O)c2cc(F)c(Cl)cc2Cl)c1. The van der Waals surface area contributed by atoms with Crippen molar-refractivity contribution < 1.29 is 23.1 Å². The van der Waals surface area contributed by atoms with Crippen LogP contribution in [0, 0.1) is 11.6 Å². The molecule has 0 aliphatic heterocycles. The van der Waals surface area contributed by atoms with E-state index in [2.05, 4.69) is 10.1 Å². The normalized spacial score (nSPS) is 10.3. The monoisotopic (exact) mass is 359 g/mol. The van der Waals surface area contributed by atoms with Crippen LogP contribution in [0.3, 0.4) is 0 Å². The minimum atomic E-state index is -0.855. The van der Waals surface area contributed by atoms with Crippen LogP contribution in [0.2, 0.25) is 10.0 Å². The van der Waals surface area contributed by atoms with Crippen LogP contribution in [0.25, 0.3) is 0 Å². The summed E-state index contributed by atoms with van der Waals surface area (Å²) in [5, 5.41) is 1.87. The van der Waals surface area contributed by atoms with E-state index in [0.29, 0.717) is 0 Å². The number of hydrogen-bond acceptors (Lipinski definition) is 3. The van der Waals surface area contributed by atoms with Gasteiger partial charge in [-0.05, 0) is 30.3 Å². The number of halogens is 4. The molecular formula is C15H9Cl2F2NO3. The third-order valence-corrected chi connectivity index (χ3v) is 3.49. The summed E-state index contributed by atoms with van der Waals surface area (Å²) >= 11 is 11.4. The van der Waals surface area contributed by atoms with Gasteiger partial charge < -0.3 is 10.1 Å². The van der Waals surface area contributed by atoms with Gasteiger partial charge in [-0.1, -0.05) is 23.2 Å². The van der Waals surface area contributed by atoms with Crippen molar-refractivity contribution >= 4 is 40.8 Å². The van der Waals surface area contributed by atoms with Crippen LogP contribution in [0.15, 0.2) is 30.3 Å². The summed E-state index contributed by atoms with van der Waals surface area (Å²) in [5.74, 6) is -3.18. The van der Waals surface area contributed by atoms with Crippen molar-refractivity contribution in [3.63, 3.8) is 0 Å². The van der Waals surface area contributed by atoms with Crippen molar-refractivity contribution in [2.45, 2.75) is 0 Å². The van der Waals surface area contributed by atoms with Gasteiger partial charge in [-0.2, -0.15) is 0 Å². The highest BCUT2D eigenvalue weighted by atomic mass is 35.5. The highest BCUT2D eigenvalue weighted by molar-refractivity contribution is 6.37. The van der Waals surface area contributed by atoms with Crippen LogP contribution in [0.4, 0.5) is 14.5 Å². The zero-order valence-electron chi connectivity index (χ0n) is 11.6. The molecule has 2 aromatic carbocycles. The van der Waals surface area contributed by atoms with Gasteiger partial charge in [-0.3, -0.25) is 4.79 Å². The van der Waals surface area contributed by atoms with Gasteiger partial charge in [0.2, 0.25) is 0 Å². The minimum absolute atomic E-state index is 0.0394. The lowest BCUT2D eigenvalue weighted by Crippen LogP contribution is -2.15. The van der Waals surface area contributed by atoms with E-state index >= 15 is 0 Å². The molecule has 0 unspecified atom stereocenters. The molecule has 2 aromatic rings. The predicted molar refractivity (Wildman–Crippen MR) is 82.1 cm³/mol. The zero-order valence-corrected chi connectivity index (χ0v) is 13.1. The molecule has 120 valence electrons. The second-order valence-electron chi connectivity index (χ2n) is 4.39. The average molecular weight is 360 g/mol. The van der Waals surface area contributed by atoms with E-state index in [0.717, 1.165) is 24.3 Å². The number of hydrogen-bond donors (Lipinski definition) is 1. The molecule has 0 radical (unpaired) electrons. The average Bonchev–Trinajstić information content (AvgIpc) is 2.52. The Bertz CT molecular complexity index is 797. The number of rotatable bonds is 3. The number of ether oxygens (including phenoxy) is 1. The molecule has 2 rings (SSSR count). The van der Waals surface area contributed by atoms with Gasteiger partial charge >= 0.3 is 5.97 Å². The van der Waals surface area contributed by atoms with E-state index in [4.69, 9.17) is 23.2 Å². The molecule has 0 heterocycles. The molecule has 23 heavy (non-hydrogen) atoms. The van der Waals surface area contributed by atoms with E-state index in [-0.39, 0.29) is 26.9 Å². The lowest BCUT2D eigenvalue weighted by Gasteiger charge is -2.10. The molecular weight excluding hydrogens is 351 g/mol. The van der Waals surface area contributed by atoms with Gasteiger partial charge in [0.15, 0.2) is 0 Å². The van der Waals surface area contributed by atoms with Crippen LogP contribution in [-0.4, -0.2) is 19.0 Å². The predicted octanol–water partition coefficient (Wildman–Crippen LogP) is 4.31. The fourth-order valence-corrected chi connectivity index (χ4v) is 2.22. The Kier molecular flexibility index (Phi) is 5.18. The Balaban J connectivity index is 2.34. The molecule has 0 atom stereocenters. The van der Waals surface area contributed by atoms with E-state index < -0.39 is 23.5 Å². The Morgan fingerprint density at radius 1 is 1.04 bits per heavy atom. The lowest BCUT2D eigenvalue weighted by molar-refractivity contribution is 0.0600. The third kappa shape index (κ3) is 3.78. The van der Waals surface area contributed by atoms with Gasteiger partial charge in [-0.25, -0.2) is 13.6 Å². The molecule has 1 amide bonds. The van der Waals surface area contributed by atoms with E-state index in [1.54, 1.807) is 0 Å². The maximum Gasteiger partial charge on any atom is 0.337 e. The second kappa shape index (κ2) is 6.93. The van der Waals surface area contributed by atoms with Gasteiger partial charge in [-0.15, -0.1) is 0 Å². The summed E-state index contributed by atoms with van der Waals surface area (Å²) in [7, 11) is 1.17. The molecule has 0 bridgehead atoms. The smallest absolute Gasteiger partial charge is 0.337 e. The van der Waals surface area contributed by atoms with Gasteiger partial charge in [0, 0.05) is 0 Å². The maximum atomic E-state index is 13.8. The Morgan fingerprint density at radius 2 is 1.74 bits per heavy atom. The standard InChI is InChI=1S/C15H9Cl2F2NO3/c1-23-15(22)7-2-3-11(18)13(4-7)20-14(21)8-5-12(19)10(17)6-9(8)16/h2-6H,1H3,(H,20,21). The first-order chi connectivity index (χ1) is 10.8. The molecule has 0 aliphatic rings. The first-order valence-electron chi connectivity index (χ1n) is 6.17. The highest BCUT2D eigenvalue weighted by Gasteiger charge is 2.17. The van der Waals surface area contributed by atoms with Crippen molar-refractivity contribution in [1.82, 2.24) is 0 Å². The van der Waals surface area contributed by atoms with Crippen molar-refractivity contribution in [2.75, 3.05) is 12.4 Å². The largest absolute Gasteiger partial charge is 0.465 e. The molecule has 0 aromatic heterocycles. The summed E-state index contributed by atoms with van der Waals surface area (Å²) in [6.07, 6.45) is 0. The summed E-state index contributed by atoms with van der Waals surface area (Å²) in [5.41, 5.74) is -0.460. The first-order valence-corrected chi connectivity index (χ1v) is 6.93. The number of carbonyl (C=O) groups excluding carboxylic acids is 2. The quantitative estimate of drug-likeness (QED) is 0.656. The molecule has 0 spiro atoms. The first kappa shape index (κ1) is 17.2. The van der Waals surface area contributed by atoms with Crippen molar-refractivity contribution in [3.8, 4) is 0 Å². The summed E-state index contributed by atoms with van der Waals surface area (Å²) < 4.78 is 31.7. The molecule has 4 nitrogen and oxygen atoms in total. The Hall–Kier alpha value is -2.18. The second-order valence-corrected chi connectivity index (χ2v) is 5.20. The van der Waals surface area contributed by atoms with E-state index in [9.17, 15) is 18.4 Å². The number of methoxy groups -OCH3 is 1. The van der Waals surface area contributed by atoms with Crippen LogP contribution in [-0.2, 0) is 4.74 Å². The number of amides is 1. The number of esters is 1. The minimum Gasteiger partial charge on any atom is -0.465 e. The third-order valence-electron chi connectivity index (χ3n) is 2.89. The maximum absolute atomic E-state index is 13.8. The number of anilines is 1. The van der Waals surface area contributed by atoms with Crippen molar-refractivity contribution in [1.29, 1.82) is 0 Å². The summed E-state index contributed by atoms with van der Waals surface area (Å²) in [6, 6.07) is 5.19. The lowest BCUT2D eigenvalue weighted by atomic mass is 10.1. The number of benzene rings is 2. The van der Waals surface area contributed by atoms with Gasteiger partial charge in [0.25, 0.3) is 5.91 Å². The van der Waals surface area contributed by atoms with Crippen LogP contribution < -0.4 is 5.32 Å². The van der Waals surface area contributed by atoms with Gasteiger partial charge in [0.1, 0.15) is 11.6 Å². The topological polar surface area (TPSA) is 55.4 Å². The van der Waals surface area contributed by atoms with Crippen LogP contribution >= 0.6 is 23.2 Å². The zero-order chi connectivity index (χ0) is 17.1. The molecule has 8 heteroatoms. The van der Waals surface area contributed by atoms with Crippen molar-refractivity contribution in [3.05, 3.63) is 63.1 Å². The number of nitrogens with one attached hydrogen (secondary N) is 1. The van der Waals surface area contributed by atoms with Gasteiger partial charge in [0.05, 0.1) is 34.0 Å². The molecule has 0 aliphatic carbocycles. The highest BCUT2D eigenvalue weighted by Crippen LogP contribution is 2.26. The van der Waals surface area contributed by atoms with Crippen molar-refractivity contribution in [2.24, 2.45) is 0 Å². The Labute approximate surface area is 140 Å². The molecule has 0 saturated heterocycles. The summed E-state index contributed by atoms with van der Waals surface area (Å²) in [6.45, 7) is 0. The van der Waals surface area contributed by atoms with E-state index in [1.165, 1.54) is 13.2 Å². The molecule has 0 fully saturated rings. The Morgan fingerprint density at radius 3 is 2.39 bits per heavy atom.